The van der Waals surface area contributed by atoms with Gasteiger partial charge in [-0.1, -0.05) is 34.8 Å². The third-order valence-electron chi connectivity index (χ3n) is 5.89. The van der Waals surface area contributed by atoms with Crippen molar-refractivity contribution in [3.05, 3.63) is 62.6 Å². The smallest absolute Gasteiger partial charge is 0.370 e. The Morgan fingerprint density at radius 2 is 1.79 bits per heavy atom. The Kier molecular flexibility index (Phi) is 6.43. The number of benzene rings is 2. The molecule has 2 heterocycles. The molecule has 6 nitrogen and oxygen atoms in total. The number of nitrogens with zero attached hydrogens (tertiary/aromatic N) is 1. The molecule has 176 valence electrons. The Hall–Kier alpha value is -2.20. The van der Waals surface area contributed by atoms with Gasteiger partial charge in [-0.15, -0.1) is 0 Å². The molecule has 2 fully saturated rings. The van der Waals surface area contributed by atoms with Crippen molar-refractivity contribution in [1.82, 2.24) is 10.8 Å². The fourth-order valence-electron chi connectivity index (χ4n) is 4.01. The van der Waals surface area contributed by atoms with Crippen LogP contribution < -0.4 is 15.7 Å². The molecule has 12 heteroatoms. The maximum Gasteiger partial charge on any atom is 0.400 e. The van der Waals surface area contributed by atoms with Gasteiger partial charge in [-0.3, -0.25) is 14.4 Å². The minimum Gasteiger partial charge on any atom is -0.370 e. The van der Waals surface area contributed by atoms with Crippen LogP contribution in [0.1, 0.15) is 22.3 Å². The fourth-order valence-corrected chi connectivity index (χ4v) is 4.60. The lowest BCUT2D eigenvalue weighted by Gasteiger charge is -2.33. The van der Waals surface area contributed by atoms with Crippen LogP contribution in [-0.2, 0) is 15.0 Å². The number of anilines is 1. The van der Waals surface area contributed by atoms with Gasteiger partial charge in [0.2, 0.25) is 0 Å². The van der Waals surface area contributed by atoms with Crippen molar-refractivity contribution in [3.63, 3.8) is 0 Å². The molecule has 2 aliphatic rings. The zero-order valence-electron chi connectivity index (χ0n) is 16.8. The summed E-state index contributed by atoms with van der Waals surface area (Å²) in [6, 6.07) is 7.72. The van der Waals surface area contributed by atoms with Gasteiger partial charge in [0.25, 0.3) is 11.8 Å². The van der Waals surface area contributed by atoms with E-state index >= 15 is 0 Å². The van der Waals surface area contributed by atoms with Crippen LogP contribution in [0.4, 0.5) is 18.9 Å². The van der Waals surface area contributed by atoms with Crippen LogP contribution in [0.5, 0.6) is 0 Å². The zero-order chi connectivity index (χ0) is 24.0. The van der Waals surface area contributed by atoms with Crippen LogP contribution in [0.3, 0.4) is 0 Å². The second-order valence-corrected chi connectivity index (χ2v) is 9.05. The van der Waals surface area contributed by atoms with Crippen LogP contribution in [0.25, 0.3) is 0 Å². The molecule has 2 N–H and O–H groups in total. The highest BCUT2D eigenvalue weighted by Crippen LogP contribution is 2.50. The van der Waals surface area contributed by atoms with Gasteiger partial charge in [-0.2, -0.15) is 13.2 Å². The molecule has 0 bridgehead atoms. The summed E-state index contributed by atoms with van der Waals surface area (Å²) in [5, 5.41) is 2.45. The van der Waals surface area contributed by atoms with E-state index in [2.05, 4.69) is 10.8 Å². The quantitative estimate of drug-likeness (QED) is 0.580. The van der Waals surface area contributed by atoms with Gasteiger partial charge in [-0.05, 0) is 48.4 Å². The number of alkyl halides is 3. The predicted octanol–water partition coefficient (Wildman–Crippen LogP) is 4.52. The van der Waals surface area contributed by atoms with Gasteiger partial charge in [0.15, 0.2) is 0 Å². The molecule has 2 amide bonds. The molecule has 0 radical (unpaired) electrons. The molecule has 2 aromatic carbocycles. The summed E-state index contributed by atoms with van der Waals surface area (Å²) in [5.74, 6) is -0.952. The van der Waals surface area contributed by atoms with Crippen LogP contribution >= 0.6 is 34.8 Å². The first-order valence-electron chi connectivity index (χ1n) is 9.81. The van der Waals surface area contributed by atoms with Crippen molar-refractivity contribution in [2.75, 3.05) is 24.6 Å². The van der Waals surface area contributed by atoms with Crippen LogP contribution in [-0.4, -0.2) is 43.7 Å². The highest BCUT2D eigenvalue weighted by molar-refractivity contribution is 6.48. The second-order valence-electron chi connectivity index (χ2n) is 7.86. The zero-order valence-corrected chi connectivity index (χ0v) is 19.1. The number of nitrogens with one attached hydrogen (secondary N) is 2. The highest BCUT2D eigenvalue weighted by atomic mass is 35.5. The molecule has 33 heavy (non-hydrogen) atoms. The number of rotatable bonds is 4. The Balaban J connectivity index is 1.55. The Bertz CT molecular complexity index is 1070. The predicted molar refractivity (Wildman–Crippen MR) is 118 cm³/mol. The van der Waals surface area contributed by atoms with Crippen molar-refractivity contribution in [2.24, 2.45) is 0 Å². The third-order valence-corrected chi connectivity index (χ3v) is 7.08. The molecular weight excluding hydrogens is 506 g/mol. The van der Waals surface area contributed by atoms with E-state index < -0.39 is 29.4 Å². The fraction of sp³-hybridized carbons (Fsp3) is 0.333. The summed E-state index contributed by atoms with van der Waals surface area (Å²) < 4.78 is 42.9. The number of halogens is 6. The summed E-state index contributed by atoms with van der Waals surface area (Å²) in [4.78, 5) is 30.2. The molecule has 2 saturated heterocycles. The second kappa shape index (κ2) is 8.87. The Morgan fingerprint density at radius 3 is 2.33 bits per heavy atom. The van der Waals surface area contributed by atoms with Gasteiger partial charge >= 0.3 is 6.18 Å². The van der Waals surface area contributed by atoms with E-state index in [0.29, 0.717) is 5.69 Å². The topological polar surface area (TPSA) is 70.7 Å². The minimum absolute atomic E-state index is 0.00442. The summed E-state index contributed by atoms with van der Waals surface area (Å²) in [7, 11) is 0. The summed E-state index contributed by atoms with van der Waals surface area (Å²) in [6.07, 6.45) is -4.77. The maximum atomic E-state index is 14.3. The van der Waals surface area contributed by atoms with Crippen molar-refractivity contribution in [2.45, 2.75) is 24.1 Å². The Labute approximate surface area is 201 Å². The number of carbonyl (C=O) groups excluding carboxylic acids is 2. The van der Waals surface area contributed by atoms with E-state index in [1.165, 1.54) is 24.3 Å². The van der Waals surface area contributed by atoms with E-state index in [9.17, 15) is 22.8 Å². The van der Waals surface area contributed by atoms with Crippen LogP contribution in [0, 0.1) is 0 Å². The largest absolute Gasteiger partial charge is 0.400 e. The molecule has 2 aliphatic heterocycles. The number of hydroxylamine groups is 1. The average Bonchev–Trinajstić information content (AvgIpc) is 3.39. The molecule has 2 atom stereocenters. The normalized spacial score (nSPS) is 23.0. The minimum atomic E-state index is -4.56. The van der Waals surface area contributed by atoms with Crippen LogP contribution in [0.2, 0.25) is 15.1 Å². The first-order valence-corrected chi connectivity index (χ1v) is 10.9. The number of hydrogen-bond donors (Lipinski definition) is 2. The van der Waals surface area contributed by atoms with Crippen LogP contribution in [0.15, 0.2) is 36.4 Å². The lowest BCUT2D eigenvalue weighted by Crippen LogP contribution is -2.45. The van der Waals surface area contributed by atoms with Gasteiger partial charge in [-0.25, -0.2) is 5.48 Å². The molecular formula is C21H17Cl3F3N3O3. The van der Waals surface area contributed by atoms with Crippen molar-refractivity contribution >= 4 is 52.3 Å². The molecule has 0 aromatic heterocycles. The van der Waals surface area contributed by atoms with E-state index in [-0.39, 0.29) is 52.3 Å². The summed E-state index contributed by atoms with van der Waals surface area (Å²) >= 11 is 17.9. The molecule has 2 unspecified atom stereocenters. The van der Waals surface area contributed by atoms with E-state index in [0.717, 1.165) is 0 Å². The first kappa shape index (κ1) is 23.9. The third kappa shape index (κ3) is 4.47. The number of amides is 2. The molecule has 0 spiro atoms. The lowest BCUT2D eigenvalue weighted by atomic mass is 9.79. The van der Waals surface area contributed by atoms with Gasteiger partial charge in [0.1, 0.15) is 18.1 Å². The summed E-state index contributed by atoms with van der Waals surface area (Å²) in [5.41, 5.74) is 0.684. The maximum absolute atomic E-state index is 14.3. The molecule has 2 aromatic rings. The molecule has 0 aliphatic carbocycles. The highest BCUT2D eigenvalue weighted by Gasteiger charge is 2.59. The van der Waals surface area contributed by atoms with Gasteiger partial charge < -0.3 is 10.2 Å². The standard InChI is InChI=1S/C21H17Cl3F3N3O3/c22-14-7-12(8-15(23)17(14)24)20(21(25,26)27)5-6-30(10-20)13-3-1-11(2-4-13)18(31)28-16-9-33-29-19(16)32/h1-4,7-8,16H,5-6,9-10H2,(H,28,31)(H,29,32). The van der Waals surface area contributed by atoms with Crippen molar-refractivity contribution < 1.29 is 27.6 Å². The van der Waals surface area contributed by atoms with E-state index in [1.54, 1.807) is 17.0 Å². The number of hydrogen-bond acceptors (Lipinski definition) is 4. The average molecular weight is 523 g/mol. The first-order chi connectivity index (χ1) is 15.5. The van der Waals surface area contributed by atoms with Crippen molar-refractivity contribution in [1.29, 1.82) is 0 Å². The molecule has 4 rings (SSSR count). The van der Waals surface area contributed by atoms with E-state index in [1.807, 2.05) is 0 Å². The monoisotopic (exact) mass is 521 g/mol. The molecule has 0 saturated carbocycles. The van der Waals surface area contributed by atoms with Crippen molar-refractivity contribution in [3.8, 4) is 0 Å². The van der Waals surface area contributed by atoms with Gasteiger partial charge in [0.05, 0.1) is 15.1 Å². The number of carbonyl (C=O) groups is 2. The van der Waals surface area contributed by atoms with E-state index in [4.69, 9.17) is 39.6 Å². The Morgan fingerprint density at radius 1 is 1.15 bits per heavy atom. The SMILES string of the molecule is O=C(NC1CONC1=O)c1ccc(N2CCC(c3cc(Cl)c(Cl)c(Cl)c3)(C(F)(F)F)C2)cc1. The van der Waals surface area contributed by atoms with Gasteiger partial charge in [0, 0.05) is 24.3 Å². The lowest BCUT2D eigenvalue weighted by molar-refractivity contribution is -0.184. The summed E-state index contributed by atoms with van der Waals surface area (Å²) in [6.45, 7) is -0.215.